The molecular formula is C18H23ClN2. The zero-order valence-corrected chi connectivity index (χ0v) is 13.7. The molecule has 0 radical (unpaired) electrons. The highest BCUT2D eigenvalue weighted by Crippen LogP contribution is 2.22. The molecule has 21 heavy (non-hydrogen) atoms. The molecule has 2 aromatic rings. The van der Waals surface area contributed by atoms with Crippen LogP contribution in [-0.2, 0) is 13.1 Å². The van der Waals surface area contributed by atoms with Crippen molar-refractivity contribution in [2.75, 3.05) is 11.9 Å². The highest BCUT2D eigenvalue weighted by molar-refractivity contribution is 6.30. The molecule has 0 spiro atoms. The molecule has 0 amide bonds. The van der Waals surface area contributed by atoms with Gasteiger partial charge in [0, 0.05) is 36.9 Å². The molecule has 0 aliphatic rings. The van der Waals surface area contributed by atoms with Crippen molar-refractivity contribution in [2.45, 2.75) is 33.0 Å². The first kappa shape index (κ1) is 15.9. The molecular weight excluding hydrogens is 280 g/mol. The Hall–Kier alpha value is -1.51. The minimum atomic E-state index is 0.483. The van der Waals surface area contributed by atoms with Gasteiger partial charge in [-0.25, -0.2) is 0 Å². The summed E-state index contributed by atoms with van der Waals surface area (Å²) in [6.45, 7) is 6.06. The third kappa shape index (κ3) is 4.76. The van der Waals surface area contributed by atoms with E-state index in [-0.39, 0.29) is 0 Å². The fourth-order valence-electron chi connectivity index (χ4n) is 2.34. The Labute approximate surface area is 132 Å². The number of anilines is 1. The van der Waals surface area contributed by atoms with Crippen LogP contribution in [0.4, 0.5) is 5.69 Å². The van der Waals surface area contributed by atoms with Gasteiger partial charge < -0.3 is 10.2 Å². The van der Waals surface area contributed by atoms with Crippen molar-refractivity contribution < 1.29 is 0 Å². The third-order valence-corrected chi connectivity index (χ3v) is 3.65. The lowest BCUT2D eigenvalue weighted by molar-refractivity contribution is 0.588. The van der Waals surface area contributed by atoms with E-state index in [2.05, 4.69) is 61.4 Å². The van der Waals surface area contributed by atoms with Gasteiger partial charge in [-0.15, -0.1) is 0 Å². The molecule has 3 heteroatoms. The van der Waals surface area contributed by atoms with Gasteiger partial charge in [0.15, 0.2) is 0 Å². The molecule has 2 nitrogen and oxygen atoms in total. The van der Waals surface area contributed by atoms with Crippen molar-refractivity contribution in [3.05, 3.63) is 64.7 Å². The van der Waals surface area contributed by atoms with Crippen LogP contribution in [0.15, 0.2) is 48.5 Å². The molecule has 0 bridgehead atoms. The number of hydrogen-bond donors (Lipinski definition) is 1. The highest BCUT2D eigenvalue weighted by Gasteiger charge is 2.08. The normalized spacial score (nSPS) is 10.9. The van der Waals surface area contributed by atoms with Gasteiger partial charge in [0.25, 0.3) is 0 Å². The zero-order chi connectivity index (χ0) is 15.2. The molecule has 2 aromatic carbocycles. The fourth-order valence-corrected chi connectivity index (χ4v) is 2.55. The molecule has 0 aromatic heterocycles. The minimum absolute atomic E-state index is 0.483. The van der Waals surface area contributed by atoms with Crippen molar-refractivity contribution in [1.82, 2.24) is 5.32 Å². The SMILES string of the molecule is CC(C)NCc1ccccc1N(C)Cc1cccc(Cl)c1. The number of rotatable bonds is 6. The van der Waals surface area contributed by atoms with E-state index in [9.17, 15) is 0 Å². The van der Waals surface area contributed by atoms with Gasteiger partial charge >= 0.3 is 0 Å². The Morgan fingerprint density at radius 1 is 1.10 bits per heavy atom. The van der Waals surface area contributed by atoms with Crippen molar-refractivity contribution in [2.24, 2.45) is 0 Å². The molecule has 0 heterocycles. The highest BCUT2D eigenvalue weighted by atomic mass is 35.5. The molecule has 0 aliphatic carbocycles. The summed E-state index contributed by atoms with van der Waals surface area (Å²) in [7, 11) is 2.12. The second kappa shape index (κ2) is 7.48. The molecule has 0 unspecified atom stereocenters. The van der Waals surface area contributed by atoms with Crippen molar-refractivity contribution in [1.29, 1.82) is 0 Å². The Kier molecular flexibility index (Phi) is 5.66. The number of benzene rings is 2. The van der Waals surface area contributed by atoms with Gasteiger partial charge in [0.2, 0.25) is 0 Å². The number of hydrogen-bond acceptors (Lipinski definition) is 2. The van der Waals surface area contributed by atoms with E-state index >= 15 is 0 Å². The number of nitrogens with zero attached hydrogens (tertiary/aromatic N) is 1. The third-order valence-electron chi connectivity index (χ3n) is 3.41. The topological polar surface area (TPSA) is 15.3 Å². The lowest BCUT2D eigenvalue weighted by Crippen LogP contribution is -2.24. The largest absolute Gasteiger partial charge is 0.370 e. The van der Waals surface area contributed by atoms with E-state index < -0.39 is 0 Å². The van der Waals surface area contributed by atoms with E-state index in [1.165, 1.54) is 16.8 Å². The summed E-state index contributed by atoms with van der Waals surface area (Å²) < 4.78 is 0. The molecule has 0 saturated carbocycles. The van der Waals surface area contributed by atoms with Crippen LogP contribution in [0.25, 0.3) is 0 Å². The van der Waals surface area contributed by atoms with Gasteiger partial charge in [-0.05, 0) is 29.3 Å². The van der Waals surface area contributed by atoms with Crippen molar-refractivity contribution >= 4 is 17.3 Å². The second-order valence-electron chi connectivity index (χ2n) is 5.65. The molecule has 112 valence electrons. The van der Waals surface area contributed by atoms with Crippen molar-refractivity contribution in [3.63, 3.8) is 0 Å². The van der Waals surface area contributed by atoms with Gasteiger partial charge in [0.1, 0.15) is 0 Å². The predicted octanol–water partition coefficient (Wildman–Crippen LogP) is 4.47. The van der Waals surface area contributed by atoms with Gasteiger partial charge in [-0.3, -0.25) is 0 Å². The van der Waals surface area contributed by atoms with Crippen LogP contribution in [-0.4, -0.2) is 13.1 Å². The quantitative estimate of drug-likeness (QED) is 0.846. The predicted molar refractivity (Wildman–Crippen MR) is 92.0 cm³/mol. The Morgan fingerprint density at radius 2 is 1.86 bits per heavy atom. The number of nitrogens with one attached hydrogen (secondary N) is 1. The first-order valence-electron chi connectivity index (χ1n) is 7.33. The summed E-state index contributed by atoms with van der Waals surface area (Å²) in [6.07, 6.45) is 0. The standard InChI is InChI=1S/C18H23ClN2/c1-14(2)20-12-16-8-4-5-10-18(16)21(3)13-15-7-6-9-17(19)11-15/h4-11,14,20H,12-13H2,1-3H3. The summed E-state index contributed by atoms with van der Waals surface area (Å²) in [4.78, 5) is 2.27. The summed E-state index contributed by atoms with van der Waals surface area (Å²) in [6, 6.07) is 17.0. The number of halogens is 1. The zero-order valence-electron chi connectivity index (χ0n) is 12.9. The monoisotopic (exact) mass is 302 g/mol. The number of para-hydroxylation sites is 1. The fraction of sp³-hybridized carbons (Fsp3) is 0.333. The second-order valence-corrected chi connectivity index (χ2v) is 6.09. The van der Waals surface area contributed by atoms with Crippen LogP contribution in [0.1, 0.15) is 25.0 Å². The molecule has 0 saturated heterocycles. The molecule has 0 fully saturated rings. The summed E-state index contributed by atoms with van der Waals surface area (Å²) in [5, 5.41) is 4.27. The van der Waals surface area contributed by atoms with E-state index in [0.717, 1.165) is 18.1 Å². The minimum Gasteiger partial charge on any atom is -0.370 e. The average molecular weight is 303 g/mol. The molecule has 0 atom stereocenters. The maximum Gasteiger partial charge on any atom is 0.0426 e. The van der Waals surface area contributed by atoms with E-state index in [0.29, 0.717) is 6.04 Å². The Morgan fingerprint density at radius 3 is 2.57 bits per heavy atom. The lowest BCUT2D eigenvalue weighted by atomic mass is 10.1. The van der Waals surface area contributed by atoms with Gasteiger partial charge in [0.05, 0.1) is 0 Å². The van der Waals surface area contributed by atoms with E-state index in [1.807, 2.05) is 18.2 Å². The van der Waals surface area contributed by atoms with Gasteiger partial charge in [-0.1, -0.05) is 55.8 Å². The van der Waals surface area contributed by atoms with Gasteiger partial charge in [-0.2, -0.15) is 0 Å². The van der Waals surface area contributed by atoms with E-state index in [4.69, 9.17) is 11.6 Å². The van der Waals surface area contributed by atoms with Crippen LogP contribution in [0.5, 0.6) is 0 Å². The van der Waals surface area contributed by atoms with Crippen LogP contribution in [0.2, 0.25) is 5.02 Å². The first-order valence-corrected chi connectivity index (χ1v) is 7.71. The molecule has 2 rings (SSSR count). The summed E-state index contributed by atoms with van der Waals surface area (Å²) >= 11 is 6.06. The average Bonchev–Trinajstić information content (AvgIpc) is 2.45. The molecule has 1 N–H and O–H groups in total. The van der Waals surface area contributed by atoms with Crippen LogP contribution in [0.3, 0.4) is 0 Å². The maximum atomic E-state index is 6.06. The first-order chi connectivity index (χ1) is 10.1. The summed E-state index contributed by atoms with van der Waals surface area (Å²) in [5.41, 5.74) is 3.79. The summed E-state index contributed by atoms with van der Waals surface area (Å²) in [5.74, 6) is 0. The Bertz CT molecular complexity index is 581. The smallest absolute Gasteiger partial charge is 0.0426 e. The van der Waals surface area contributed by atoms with Crippen LogP contribution < -0.4 is 10.2 Å². The Balaban J connectivity index is 2.13. The van der Waals surface area contributed by atoms with Crippen molar-refractivity contribution in [3.8, 4) is 0 Å². The van der Waals surface area contributed by atoms with Crippen LogP contribution in [0, 0.1) is 0 Å². The van der Waals surface area contributed by atoms with Crippen LogP contribution >= 0.6 is 11.6 Å². The lowest BCUT2D eigenvalue weighted by Gasteiger charge is -2.23. The molecule has 0 aliphatic heterocycles. The van der Waals surface area contributed by atoms with E-state index in [1.54, 1.807) is 0 Å². The maximum absolute atomic E-state index is 6.06.